The van der Waals surface area contributed by atoms with Gasteiger partial charge in [-0.3, -0.25) is 9.78 Å². The summed E-state index contributed by atoms with van der Waals surface area (Å²) in [7, 11) is 0. The molecule has 0 bridgehead atoms. The minimum Gasteiger partial charge on any atom is -0.339 e. The minimum absolute atomic E-state index is 0.155. The molecule has 19 heavy (non-hydrogen) atoms. The number of hydrogen-bond acceptors (Lipinski definition) is 4. The first-order chi connectivity index (χ1) is 9.07. The first-order valence-corrected chi connectivity index (χ1v) is 7.09. The summed E-state index contributed by atoms with van der Waals surface area (Å²) in [5.74, 6) is -0.155. The maximum absolute atomic E-state index is 12.3. The zero-order valence-corrected chi connectivity index (χ0v) is 12.1. The van der Waals surface area contributed by atoms with Crippen molar-refractivity contribution in [3.8, 4) is 0 Å². The van der Waals surface area contributed by atoms with Crippen LogP contribution in [0.5, 0.6) is 0 Å². The van der Waals surface area contributed by atoms with Gasteiger partial charge in [0.05, 0.1) is 5.54 Å². The van der Waals surface area contributed by atoms with Gasteiger partial charge in [-0.15, -0.1) is 11.3 Å². The highest BCUT2D eigenvalue weighted by Crippen LogP contribution is 2.26. The molecule has 2 aromatic rings. The van der Waals surface area contributed by atoms with Crippen molar-refractivity contribution in [1.82, 2.24) is 15.3 Å². The van der Waals surface area contributed by atoms with Crippen molar-refractivity contribution >= 4 is 17.2 Å². The highest BCUT2D eigenvalue weighted by Gasteiger charge is 2.30. The van der Waals surface area contributed by atoms with Gasteiger partial charge >= 0.3 is 0 Å². The molecule has 4 nitrogen and oxygen atoms in total. The van der Waals surface area contributed by atoms with Crippen LogP contribution in [0.2, 0.25) is 0 Å². The molecule has 2 heterocycles. The number of aromatic nitrogens is 2. The average molecular weight is 275 g/mol. The lowest BCUT2D eigenvalue weighted by Gasteiger charge is -2.27. The molecule has 0 radical (unpaired) electrons. The molecule has 100 valence electrons. The Kier molecular flexibility index (Phi) is 3.95. The first-order valence-electron chi connectivity index (χ1n) is 6.21. The molecular formula is C14H17N3OS. The smallest absolute Gasteiger partial charge is 0.270 e. The molecule has 0 aromatic carbocycles. The van der Waals surface area contributed by atoms with Crippen molar-refractivity contribution in [3.63, 3.8) is 0 Å². The summed E-state index contributed by atoms with van der Waals surface area (Å²) < 4.78 is 0. The highest BCUT2D eigenvalue weighted by atomic mass is 32.1. The lowest BCUT2D eigenvalue weighted by molar-refractivity contribution is 0.0896. The molecule has 1 atom stereocenters. The van der Waals surface area contributed by atoms with Gasteiger partial charge in [0.2, 0.25) is 0 Å². The van der Waals surface area contributed by atoms with Crippen LogP contribution in [0.4, 0.5) is 0 Å². The number of thiazole rings is 1. The van der Waals surface area contributed by atoms with Crippen LogP contribution in [-0.2, 0) is 5.54 Å². The second-order valence-corrected chi connectivity index (χ2v) is 5.54. The molecule has 0 saturated carbocycles. The Hall–Kier alpha value is -1.75. The van der Waals surface area contributed by atoms with E-state index in [1.54, 1.807) is 23.7 Å². The standard InChI is InChI=1S/C14H17N3OS/c1-4-14(3,13-16-8-9-19-13)17-12(18)11-10(2)6-5-7-15-11/h5-9H,4H2,1-3H3,(H,17,18). The van der Waals surface area contributed by atoms with E-state index >= 15 is 0 Å². The number of aryl methyl sites for hydroxylation is 1. The molecule has 1 amide bonds. The lowest BCUT2D eigenvalue weighted by Crippen LogP contribution is -2.43. The van der Waals surface area contributed by atoms with Crippen molar-refractivity contribution in [2.45, 2.75) is 32.7 Å². The normalized spacial score (nSPS) is 13.8. The molecule has 2 rings (SSSR count). The average Bonchev–Trinajstić information content (AvgIpc) is 2.93. The monoisotopic (exact) mass is 275 g/mol. The van der Waals surface area contributed by atoms with E-state index in [2.05, 4.69) is 15.3 Å². The maximum atomic E-state index is 12.3. The zero-order valence-electron chi connectivity index (χ0n) is 11.3. The topological polar surface area (TPSA) is 54.9 Å². The first kappa shape index (κ1) is 13.7. The van der Waals surface area contributed by atoms with Crippen molar-refractivity contribution in [2.24, 2.45) is 0 Å². The van der Waals surface area contributed by atoms with E-state index in [1.807, 2.05) is 38.3 Å². The summed E-state index contributed by atoms with van der Waals surface area (Å²) >= 11 is 1.55. The van der Waals surface area contributed by atoms with E-state index in [0.29, 0.717) is 5.69 Å². The van der Waals surface area contributed by atoms with E-state index in [-0.39, 0.29) is 5.91 Å². The van der Waals surface area contributed by atoms with Crippen LogP contribution in [0, 0.1) is 6.92 Å². The number of amides is 1. The van der Waals surface area contributed by atoms with Crippen LogP contribution >= 0.6 is 11.3 Å². The van der Waals surface area contributed by atoms with Crippen LogP contribution in [-0.4, -0.2) is 15.9 Å². The van der Waals surface area contributed by atoms with Crippen LogP contribution in [0.15, 0.2) is 29.9 Å². The largest absolute Gasteiger partial charge is 0.339 e. The third kappa shape index (κ3) is 2.81. The van der Waals surface area contributed by atoms with Gasteiger partial charge in [-0.2, -0.15) is 0 Å². The number of hydrogen-bond donors (Lipinski definition) is 1. The fraction of sp³-hybridized carbons (Fsp3) is 0.357. The Morgan fingerprint density at radius 2 is 2.21 bits per heavy atom. The molecule has 1 N–H and O–H groups in total. The molecule has 0 aliphatic carbocycles. The Balaban J connectivity index is 2.25. The molecule has 5 heteroatoms. The molecule has 0 aliphatic heterocycles. The fourth-order valence-corrected chi connectivity index (χ4v) is 2.65. The highest BCUT2D eigenvalue weighted by molar-refractivity contribution is 7.09. The van der Waals surface area contributed by atoms with Crippen LogP contribution in [0.1, 0.15) is 41.3 Å². The number of carbonyl (C=O) groups is 1. The summed E-state index contributed by atoms with van der Waals surface area (Å²) in [6.45, 7) is 5.91. The van der Waals surface area contributed by atoms with Crippen molar-refractivity contribution in [1.29, 1.82) is 0 Å². The molecule has 0 fully saturated rings. The third-order valence-electron chi connectivity index (χ3n) is 3.23. The van der Waals surface area contributed by atoms with Crippen LogP contribution in [0.25, 0.3) is 0 Å². The Labute approximate surface area is 116 Å². The summed E-state index contributed by atoms with van der Waals surface area (Å²) in [5.41, 5.74) is 0.895. The van der Waals surface area contributed by atoms with Gasteiger partial charge < -0.3 is 5.32 Å². The van der Waals surface area contributed by atoms with Gasteiger partial charge in [-0.1, -0.05) is 13.0 Å². The van der Waals surface area contributed by atoms with Crippen molar-refractivity contribution in [2.75, 3.05) is 0 Å². The number of rotatable bonds is 4. The van der Waals surface area contributed by atoms with Gasteiger partial charge in [0, 0.05) is 17.8 Å². The number of carbonyl (C=O) groups excluding carboxylic acids is 1. The Morgan fingerprint density at radius 3 is 2.79 bits per heavy atom. The summed E-state index contributed by atoms with van der Waals surface area (Å²) in [6.07, 6.45) is 4.17. The van der Waals surface area contributed by atoms with Crippen molar-refractivity contribution < 1.29 is 4.79 Å². The van der Waals surface area contributed by atoms with Crippen molar-refractivity contribution in [3.05, 3.63) is 46.2 Å². The van der Waals surface area contributed by atoms with Gasteiger partial charge in [-0.25, -0.2) is 4.98 Å². The minimum atomic E-state index is -0.449. The van der Waals surface area contributed by atoms with Gasteiger partial charge in [-0.05, 0) is 31.9 Å². The van der Waals surface area contributed by atoms with Crippen LogP contribution < -0.4 is 5.32 Å². The lowest BCUT2D eigenvalue weighted by atomic mass is 9.99. The number of pyridine rings is 1. The van der Waals surface area contributed by atoms with E-state index in [9.17, 15) is 4.79 Å². The maximum Gasteiger partial charge on any atom is 0.270 e. The molecule has 0 spiro atoms. The summed E-state index contributed by atoms with van der Waals surface area (Å²) in [4.78, 5) is 20.8. The van der Waals surface area contributed by atoms with E-state index in [1.165, 1.54) is 0 Å². The molecule has 2 aromatic heterocycles. The van der Waals surface area contributed by atoms with Gasteiger partial charge in [0.25, 0.3) is 5.91 Å². The Bertz CT molecular complexity index is 568. The molecule has 1 unspecified atom stereocenters. The third-order valence-corrected chi connectivity index (χ3v) is 4.26. The van der Waals surface area contributed by atoms with E-state index in [0.717, 1.165) is 17.0 Å². The predicted octanol–water partition coefficient (Wildman–Crippen LogP) is 2.90. The quantitative estimate of drug-likeness (QED) is 0.933. The fourth-order valence-electron chi connectivity index (χ4n) is 1.82. The SMILES string of the molecule is CCC(C)(NC(=O)c1ncccc1C)c1nccs1. The number of nitrogens with one attached hydrogen (secondary N) is 1. The second-order valence-electron chi connectivity index (χ2n) is 4.65. The van der Waals surface area contributed by atoms with E-state index < -0.39 is 5.54 Å². The van der Waals surface area contributed by atoms with Crippen LogP contribution in [0.3, 0.4) is 0 Å². The molecular weight excluding hydrogens is 258 g/mol. The predicted molar refractivity (Wildman–Crippen MR) is 76.2 cm³/mol. The van der Waals surface area contributed by atoms with Gasteiger partial charge in [0.15, 0.2) is 0 Å². The molecule has 0 aliphatic rings. The number of nitrogens with zero attached hydrogens (tertiary/aromatic N) is 2. The van der Waals surface area contributed by atoms with Gasteiger partial charge in [0.1, 0.15) is 10.7 Å². The zero-order chi connectivity index (χ0) is 13.9. The Morgan fingerprint density at radius 1 is 1.42 bits per heavy atom. The van der Waals surface area contributed by atoms with E-state index in [4.69, 9.17) is 0 Å². The summed E-state index contributed by atoms with van der Waals surface area (Å²) in [5, 5.41) is 5.88. The molecule has 0 saturated heterocycles. The summed E-state index contributed by atoms with van der Waals surface area (Å²) in [6, 6.07) is 3.71. The second kappa shape index (κ2) is 5.48.